The Balaban J connectivity index is 0.000000211. The van der Waals surface area contributed by atoms with Crippen LogP contribution in [0, 0.1) is 35.2 Å². The summed E-state index contributed by atoms with van der Waals surface area (Å²) >= 11 is 11.9. The number of nitrogens with one attached hydrogen (secondary N) is 8. The van der Waals surface area contributed by atoms with Crippen LogP contribution in [-0.4, -0.2) is 150 Å². The molecule has 3 unspecified atom stereocenters. The highest BCUT2D eigenvalue weighted by Crippen LogP contribution is 2.46. The number of carbonyl (C=O) groups excluding carboxylic acids is 5. The Hall–Kier alpha value is -8.82. The summed E-state index contributed by atoms with van der Waals surface area (Å²) in [4.78, 5) is 83.2. The van der Waals surface area contributed by atoms with Crippen molar-refractivity contribution in [1.82, 2.24) is 39.5 Å². The minimum atomic E-state index is -1.50. The lowest BCUT2D eigenvalue weighted by Gasteiger charge is -2.37. The van der Waals surface area contributed by atoms with Gasteiger partial charge in [-0.05, 0) is 242 Å². The van der Waals surface area contributed by atoms with Gasteiger partial charge in [-0.2, -0.15) is 0 Å². The minimum absolute atomic E-state index is 0. The number of hydrogen-bond acceptors (Lipinski definition) is 15. The van der Waals surface area contributed by atoms with Gasteiger partial charge in [0.15, 0.2) is 0 Å². The normalized spacial score (nSPS) is 20.4. The molecule has 11 atom stereocenters. The number of aromatic nitrogens is 3. The summed E-state index contributed by atoms with van der Waals surface area (Å²) in [5.74, 6) is -1.29. The number of nitrogens with two attached hydrogens (primary N) is 1. The van der Waals surface area contributed by atoms with Crippen molar-refractivity contribution in [2.75, 3.05) is 67.5 Å². The summed E-state index contributed by atoms with van der Waals surface area (Å²) in [7, 11) is 1.74. The maximum absolute atomic E-state index is 15.5. The quantitative estimate of drug-likeness (QED) is 0.0202. The number of anilines is 5. The average molecular weight is 1820 g/mol. The van der Waals surface area contributed by atoms with Crippen LogP contribution in [0.25, 0.3) is 0 Å². The number of hydrogen-bond donors (Lipinski definition) is 9. The molecule has 3 aromatic heterocycles. The molecule has 0 spiro atoms. The van der Waals surface area contributed by atoms with Crippen molar-refractivity contribution in [1.29, 1.82) is 0 Å². The first-order chi connectivity index (χ1) is 58.3. The lowest BCUT2D eigenvalue weighted by atomic mass is 9.82. The number of benzene rings is 5. The average Bonchev–Trinajstić information content (AvgIpc) is 1.74. The first-order valence-electron chi connectivity index (χ1n) is 41.5. The van der Waals surface area contributed by atoms with Crippen molar-refractivity contribution in [3.63, 3.8) is 0 Å². The fraction of sp³-hybridized carbons (Fsp3) is 0.462. The Morgan fingerprint density at radius 1 is 0.472 bits per heavy atom. The van der Waals surface area contributed by atoms with E-state index < -0.39 is 108 Å². The largest absolute Gasteiger partial charge is 0.380 e. The third-order valence-corrected chi connectivity index (χ3v) is 27.1. The molecular weight excluding hydrogens is 1700 g/mol. The van der Waals surface area contributed by atoms with Gasteiger partial charge in [0.2, 0.25) is 17.7 Å². The Morgan fingerprint density at radius 2 is 0.824 bits per heavy atom. The van der Waals surface area contributed by atoms with Gasteiger partial charge in [0, 0.05) is 93.8 Å². The first-order valence-corrected chi connectivity index (χ1v) is 44.6. The Bertz CT molecular complexity index is 4990. The zero-order chi connectivity index (χ0) is 87.3. The molecule has 8 aromatic rings. The number of ether oxygens (including phenoxy) is 3. The van der Waals surface area contributed by atoms with Crippen LogP contribution in [0.4, 0.5) is 51.2 Å². The molecule has 10 N–H and O–H groups in total. The lowest BCUT2D eigenvalue weighted by Crippen LogP contribution is -2.49. The van der Waals surface area contributed by atoms with Gasteiger partial charge < -0.3 is 61.6 Å². The molecule has 6 aliphatic rings. The zero-order valence-electron chi connectivity index (χ0n) is 70.7. The summed E-state index contributed by atoms with van der Waals surface area (Å²) in [6.45, 7) is 12.4. The van der Waals surface area contributed by atoms with Crippen molar-refractivity contribution in [3.8, 4) is 0 Å². The summed E-state index contributed by atoms with van der Waals surface area (Å²) in [6, 6.07) is 40.7. The fourth-order valence-electron chi connectivity index (χ4n) is 15.3. The second-order valence-electron chi connectivity index (χ2n) is 34.3. The zero-order valence-corrected chi connectivity index (χ0v) is 74.6. The minimum Gasteiger partial charge on any atom is -0.380 e. The van der Waals surface area contributed by atoms with E-state index in [1.807, 2.05) is 96.1 Å². The molecule has 0 bridgehead atoms. The Morgan fingerprint density at radius 3 is 1.17 bits per heavy atom. The van der Waals surface area contributed by atoms with Crippen LogP contribution in [0.15, 0.2) is 176 Å². The molecule has 6 heterocycles. The Labute approximate surface area is 754 Å². The van der Waals surface area contributed by atoms with Crippen LogP contribution in [0.1, 0.15) is 186 Å². The molecule has 3 aliphatic carbocycles. The van der Waals surface area contributed by atoms with Crippen LogP contribution in [0.5, 0.6) is 0 Å². The molecule has 125 heavy (non-hydrogen) atoms. The van der Waals surface area contributed by atoms with Gasteiger partial charge in [-0.1, -0.05) is 113 Å². The van der Waals surface area contributed by atoms with Crippen molar-refractivity contribution in [3.05, 3.63) is 238 Å². The summed E-state index contributed by atoms with van der Waals surface area (Å²) < 4.78 is 94.6. The van der Waals surface area contributed by atoms with Crippen molar-refractivity contribution in [2.24, 2.45) is 23.5 Å². The SMILES string of the molecule is C.C.CO[C@@H]1C[C@H](C(=O)Nc2cc(C(CCC3CC3)(N[S@@](=O)C(C)(C)C)c3ccccn3)ccc2F)N(C(=O)Nc2ccc(Cl)cc2)C1.CO[C@@H]1C[C@H](C(=O)Nc2cc(C(N)(CCC3CC3)c3ccccn3)ccc2F)N(C(=O)Nc2ccc(Cl)cc2)C1.CO[C@H]1CN[C@@H](C(=O)Nc2cc(C(CCC3CC3)(N[S@@](=O)C(C)(C)C)c3ccccn3)ccc2F)C1.Cl. The van der Waals surface area contributed by atoms with Crippen molar-refractivity contribution in [2.45, 2.75) is 215 Å². The van der Waals surface area contributed by atoms with Crippen LogP contribution in [0.2, 0.25) is 10.0 Å². The predicted octanol–water partition coefficient (Wildman–Crippen LogP) is 17.9. The molecular formula is C93H120Cl3F3N14O10S2. The van der Waals surface area contributed by atoms with Crippen molar-refractivity contribution < 1.29 is 59.8 Å². The molecule has 6 fully saturated rings. The number of likely N-dealkylation sites (tertiary alicyclic amines) is 2. The number of pyridine rings is 3. The van der Waals surface area contributed by atoms with Crippen LogP contribution >= 0.6 is 35.6 Å². The van der Waals surface area contributed by atoms with E-state index in [0.29, 0.717) is 105 Å². The number of carbonyl (C=O) groups is 5. The van der Waals surface area contributed by atoms with Gasteiger partial charge in [0.05, 0.1) is 107 Å². The van der Waals surface area contributed by atoms with Crippen LogP contribution in [-0.2, 0) is 67.2 Å². The second kappa shape index (κ2) is 44.3. The lowest BCUT2D eigenvalue weighted by molar-refractivity contribution is -0.120. The van der Waals surface area contributed by atoms with E-state index in [9.17, 15) is 36.8 Å². The highest BCUT2D eigenvalue weighted by Gasteiger charge is 2.47. The number of halogens is 6. The highest BCUT2D eigenvalue weighted by molar-refractivity contribution is 7.84. The topological polar surface area (TPSA) is 315 Å². The summed E-state index contributed by atoms with van der Waals surface area (Å²) in [5, 5.41) is 18.0. The van der Waals surface area contributed by atoms with Gasteiger partial charge in [0.25, 0.3) is 0 Å². The van der Waals surface area contributed by atoms with E-state index in [1.165, 1.54) is 67.9 Å². The Kier molecular flexibility index (Phi) is 35.4. The van der Waals surface area contributed by atoms with Gasteiger partial charge in [-0.15, -0.1) is 12.4 Å². The van der Waals surface area contributed by atoms with E-state index in [-0.39, 0.29) is 94.5 Å². The molecule has 3 saturated heterocycles. The molecule has 0 radical (unpaired) electrons. The monoisotopic (exact) mass is 1820 g/mol. The van der Waals surface area contributed by atoms with Gasteiger partial charge in [0.1, 0.15) is 29.5 Å². The summed E-state index contributed by atoms with van der Waals surface area (Å²) in [5.41, 5.74) is 9.25. The predicted molar refractivity (Wildman–Crippen MR) is 493 cm³/mol. The van der Waals surface area contributed by atoms with Gasteiger partial charge in [-0.3, -0.25) is 29.3 Å². The molecule has 676 valence electrons. The molecule has 5 aromatic carbocycles. The number of rotatable bonds is 30. The molecule has 14 rings (SSSR count). The molecule has 3 saturated carbocycles. The van der Waals surface area contributed by atoms with Gasteiger partial charge >= 0.3 is 12.1 Å². The molecule has 3 aliphatic heterocycles. The van der Waals surface area contributed by atoms with E-state index in [0.717, 1.165) is 32.1 Å². The third-order valence-electron chi connectivity index (χ3n) is 23.3. The van der Waals surface area contributed by atoms with Gasteiger partial charge in [-0.25, -0.2) is 40.6 Å². The van der Waals surface area contributed by atoms with Crippen molar-refractivity contribution >= 4 is 116 Å². The summed E-state index contributed by atoms with van der Waals surface area (Å²) in [6.07, 6.45) is 17.0. The fourth-order valence-corrected chi connectivity index (χ4v) is 17.4. The highest BCUT2D eigenvalue weighted by atomic mass is 35.5. The van der Waals surface area contributed by atoms with E-state index in [1.54, 1.807) is 111 Å². The standard InChI is InChI=1S/C34H41ClFN5O4S.C30H33ClFN5O3.C27H37FN4O3S.2CH4.ClH/c1-33(2,3)46(44)40-34(17-16-22-8-9-22,30-7-5-6-18-37-30)23-10-15-27(36)28(19-23)39-31(42)29-20-26(45-4)21-41(29)32(43)38-25-13-11-24(35)12-14-25;1-40-23-17-26(37(18-23)29(39)35-22-10-8-21(31)9-11-22)28(38)36-25-16-20(7-12-24(25)32)30(33,14-13-19-5-6-19)27-4-2-3-15-34-27;1-26(2,3)36(34)32-27(13-12-18-8-9-18,24-7-5-6-14-29-24)19-10-11-21(28)22(15-19)31-25(33)23-16-20(35-4)17-30-23;;;/h5-7,10-15,18-19,22,26,29,40H,8-9,16-17,20-21H2,1-4H3,(H,38,43)(H,39,42);2-4,7-12,15-16,19,23,26H,5-6,13-14,17-18,33H2,1H3,(H,35,39)(H,36,38);5-7,10-11,14-15,18,20,23,30,32H,8-9,12-13,16-17H2,1-4H3,(H,31,33);2*1H4;1H/t26-,29-,34?,46+;23-,26-,30?;20-,23-,27?,36+;;;/m111.../s1. The number of amides is 7. The smallest absolute Gasteiger partial charge is 0.322 e. The molecule has 24 nitrogen and oxygen atoms in total. The van der Waals surface area contributed by atoms with E-state index >= 15 is 8.78 Å². The number of methoxy groups -OCH3 is 3. The maximum atomic E-state index is 15.5. The maximum Gasteiger partial charge on any atom is 0.322 e. The number of nitrogens with zero attached hydrogens (tertiary/aromatic N) is 5. The van der Waals surface area contributed by atoms with Crippen LogP contribution in [0.3, 0.4) is 0 Å². The second-order valence-corrected chi connectivity index (χ2v) is 39.1. The van der Waals surface area contributed by atoms with Crippen LogP contribution < -0.4 is 47.1 Å². The van der Waals surface area contributed by atoms with E-state index in [2.05, 4.69) is 56.3 Å². The molecule has 7 amide bonds. The third kappa shape index (κ3) is 26.0. The molecule has 32 heteroatoms. The number of urea groups is 2. The van der Waals surface area contributed by atoms with E-state index in [4.69, 9.17) is 43.1 Å². The first kappa shape index (κ1) is 99.9.